The van der Waals surface area contributed by atoms with E-state index in [9.17, 15) is 27.6 Å². The predicted octanol–water partition coefficient (Wildman–Crippen LogP) is 7.46. The minimum absolute atomic E-state index is 0.127. The molecule has 2 heterocycles. The van der Waals surface area contributed by atoms with Gasteiger partial charge in [0.2, 0.25) is 12.0 Å². The van der Waals surface area contributed by atoms with E-state index in [0.717, 1.165) is 33.9 Å². The molecule has 7 rings (SSSR count). The molecule has 14 heteroatoms. The summed E-state index contributed by atoms with van der Waals surface area (Å²) in [5.74, 6) is -0.545. The molecule has 0 saturated carbocycles. The van der Waals surface area contributed by atoms with Gasteiger partial charge >= 0.3 is 12.1 Å². The number of nitriles is 1. The van der Waals surface area contributed by atoms with Gasteiger partial charge < -0.3 is 30.2 Å². The van der Waals surface area contributed by atoms with Gasteiger partial charge in [-0.25, -0.2) is 4.79 Å². The highest BCUT2D eigenvalue weighted by Gasteiger charge is 2.35. The molecular weight excluding hydrogens is 761 g/mol. The summed E-state index contributed by atoms with van der Waals surface area (Å²) >= 11 is 5.71. The van der Waals surface area contributed by atoms with Crippen LogP contribution in [0.5, 0.6) is 11.5 Å². The van der Waals surface area contributed by atoms with Crippen LogP contribution in [0.4, 0.5) is 18.9 Å². The summed E-state index contributed by atoms with van der Waals surface area (Å²) in [6.45, 7) is 0.199. The van der Waals surface area contributed by atoms with Gasteiger partial charge in [-0.3, -0.25) is 9.59 Å². The zero-order chi connectivity index (χ0) is 40.3. The van der Waals surface area contributed by atoms with Crippen molar-refractivity contribution >= 4 is 35.1 Å². The van der Waals surface area contributed by atoms with Crippen LogP contribution < -0.4 is 25.4 Å². The lowest BCUT2D eigenvalue weighted by molar-refractivity contribution is -0.145. The fraction of sp³-hybridized carbons (Fsp3) is 0.209. The van der Waals surface area contributed by atoms with E-state index in [2.05, 4.69) is 22.0 Å². The summed E-state index contributed by atoms with van der Waals surface area (Å²) in [7, 11) is 1.27. The number of fused-ring (bicyclic) bond motifs is 2. The zero-order valence-electron chi connectivity index (χ0n) is 30.3. The molecule has 3 N–H and O–H groups in total. The number of carbonyl (C=O) groups is 3. The summed E-state index contributed by atoms with van der Waals surface area (Å²) in [5, 5.41) is 17.6. The number of hydrogen-bond acceptors (Lipinski definition) is 8. The number of amides is 2. The number of esters is 1. The first-order valence-corrected chi connectivity index (χ1v) is 18.2. The Kier molecular flexibility index (Phi) is 11.2. The van der Waals surface area contributed by atoms with Crippen molar-refractivity contribution in [1.29, 1.82) is 5.26 Å². The fourth-order valence-corrected chi connectivity index (χ4v) is 6.95. The van der Waals surface area contributed by atoms with Crippen LogP contribution in [0.15, 0.2) is 103 Å². The maximum absolute atomic E-state index is 13.5. The minimum atomic E-state index is -4.59. The monoisotopic (exact) mass is 794 g/mol. The standard InChI is InChI=1S/C43H34ClF3N4O6/c1-55-42(54)37(17-24-2-7-27(8-3-24)28-9-4-25(21-48)5-10-28)51-40(52)36-19-30-18-35-38(20-31(30)22-49-36)57-39(41(53)50-35)29-11-13-32(14-12-29)56-23-26-6-15-34(44)33(16-26)43(45,46)47/h2-16,18,20,36-37,39,49H,17,19,22-23H2,1H3,(H,50,53)(H,51,52). The Balaban J connectivity index is 0.964. The Labute approximate surface area is 330 Å². The Morgan fingerprint density at radius 1 is 0.947 bits per heavy atom. The first-order valence-electron chi connectivity index (χ1n) is 17.8. The van der Waals surface area contributed by atoms with Crippen LogP contribution in [0.1, 0.15) is 45.0 Å². The highest BCUT2D eigenvalue weighted by atomic mass is 35.5. The van der Waals surface area contributed by atoms with Gasteiger partial charge in [-0.2, -0.15) is 18.4 Å². The van der Waals surface area contributed by atoms with Crippen LogP contribution in [0.2, 0.25) is 5.02 Å². The van der Waals surface area contributed by atoms with Gasteiger partial charge in [0.15, 0.2) is 0 Å². The number of anilines is 1. The number of nitrogens with one attached hydrogen (secondary N) is 3. The number of alkyl halides is 3. The molecule has 0 saturated heterocycles. The maximum atomic E-state index is 13.5. The predicted molar refractivity (Wildman–Crippen MR) is 204 cm³/mol. The molecule has 3 atom stereocenters. The average Bonchev–Trinajstić information content (AvgIpc) is 3.21. The van der Waals surface area contributed by atoms with Crippen LogP contribution in [-0.4, -0.2) is 37.0 Å². The molecule has 3 unspecified atom stereocenters. The van der Waals surface area contributed by atoms with Gasteiger partial charge in [0.1, 0.15) is 24.1 Å². The van der Waals surface area contributed by atoms with Crippen LogP contribution in [0.25, 0.3) is 11.1 Å². The third kappa shape index (κ3) is 8.88. The summed E-state index contributed by atoms with van der Waals surface area (Å²) in [4.78, 5) is 39.5. The molecule has 0 aromatic heterocycles. The number of rotatable bonds is 10. The van der Waals surface area contributed by atoms with Crippen molar-refractivity contribution in [3.05, 3.63) is 147 Å². The Bertz CT molecular complexity index is 2360. The molecule has 57 heavy (non-hydrogen) atoms. The van der Waals surface area contributed by atoms with E-state index in [1.54, 1.807) is 42.5 Å². The molecule has 0 radical (unpaired) electrons. The lowest BCUT2D eigenvalue weighted by Gasteiger charge is -2.31. The normalized spacial score (nSPS) is 16.5. The SMILES string of the molecule is COC(=O)C(Cc1ccc(-c2ccc(C#N)cc2)cc1)NC(=O)C1Cc2cc3c(cc2CN1)OC(c1ccc(OCc2ccc(Cl)c(C(F)(F)F)c2)cc1)C(=O)N3. The summed E-state index contributed by atoms with van der Waals surface area (Å²) in [5.41, 5.74) is 5.30. The second-order valence-electron chi connectivity index (χ2n) is 13.6. The Morgan fingerprint density at radius 3 is 2.30 bits per heavy atom. The topological polar surface area (TPSA) is 139 Å². The number of methoxy groups -OCH3 is 1. The summed E-state index contributed by atoms with van der Waals surface area (Å²) < 4.78 is 56.6. The van der Waals surface area contributed by atoms with E-state index in [0.29, 0.717) is 34.9 Å². The number of ether oxygens (including phenoxy) is 3. The van der Waals surface area contributed by atoms with Crippen molar-refractivity contribution in [2.24, 2.45) is 0 Å². The van der Waals surface area contributed by atoms with Gasteiger partial charge in [0.05, 0.1) is 41.1 Å². The van der Waals surface area contributed by atoms with Crippen molar-refractivity contribution in [3.8, 4) is 28.7 Å². The van der Waals surface area contributed by atoms with Gasteiger partial charge in [0.25, 0.3) is 5.91 Å². The molecular formula is C43H34ClF3N4O6. The van der Waals surface area contributed by atoms with E-state index in [1.807, 2.05) is 42.5 Å². The molecule has 5 aromatic rings. The quantitative estimate of drug-likeness (QED) is 0.124. The molecule has 0 bridgehead atoms. The third-order valence-corrected chi connectivity index (χ3v) is 10.1. The molecule has 0 spiro atoms. The van der Waals surface area contributed by atoms with Crippen molar-refractivity contribution in [2.45, 2.75) is 50.4 Å². The minimum Gasteiger partial charge on any atom is -0.489 e. The molecule has 2 amide bonds. The number of hydrogen-bond donors (Lipinski definition) is 3. The largest absolute Gasteiger partial charge is 0.489 e. The Morgan fingerprint density at radius 2 is 1.63 bits per heavy atom. The van der Waals surface area contributed by atoms with Crippen molar-refractivity contribution < 1.29 is 41.8 Å². The van der Waals surface area contributed by atoms with Crippen molar-refractivity contribution in [1.82, 2.24) is 10.6 Å². The van der Waals surface area contributed by atoms with E-state index in [1.165, 1.54) is 19.2 Å². The van der Waals surface area contributed by atoms with Gasteiger partial charge in [-0.15, -0.1) is 0 Å². The Hall–Kier alpha value is -6.36. The van der Waals surface area contributed by atoms with Gasteiger partial charge in [0, 0.05) is 18.5 Å². The zero-order valence-corrected chi connectivity index (χ0v) is 31.0. The molecule has 10 nitrogen and oxygen atoms in total. The third-order valence-electron chi connectivity index (χ3n) is 9.79. The molecule has 290 valence electrons. The van der Waals surface area contributed by atoms with E-state index in [-0.39, 0.29) is 30.9 Å². The number of nitrogens with zero attached hydrogens (tertiary/aromatic N) is 1. The molecule has 0 fully saturated rings. The van der Waals surface area contributed by atoms with Gasteiger partial charge in [-0.1, -0.05) is 66.2 Å². The van der Waals surface area contributed by atoms with Crippen LogP contribution in [0, 0.1) is 11.3 Å². The smallest absolute Gasteiger partial charge is 0.417 e. The molecule has 2 aliphatic heterocycles. The second kappa shape index (κ2) is 16.4. The van der Waals surface area contributed by atoms with E-state index < -0.39 is 46.8 Å². The highest BCUT2D eigenvalue weighted by molar-refractivity contribution is 6.31. The summed E-state index contributed by atoms with van der Waals surface area (Å²) in [6.07, 6.45) is -5.08. The first kappa shape index (κ1) is 38.9. The molecule has 2 aliphatic rings. The van der Waals surface area contributed by atoms with Crippen molar-refractivity contribution in [3.63, 3.8) is 0 Å². The maximum Gasteiger partial charge on any atom is 0.417 e. The number of carbonyl (C=O) groups excluding carboxylic acids is 3. The lowest BCUT2D eigenvalue weighted by atomic mass is 9.93. The highest BCUT2D eigenvalue weighted by Crippen LogP contribution is 2.39. The van der Waals surface area contributed by atoms with E-state index >= 15 is 0 Å². The molecule has 0 aliphatic carbocycles. The van der Waals surface area contributed by atoms with E-state index in [4.69, 9.17) is 31.1 Å². The second-order valence-corrected chi connectivity index (χ2v) is 14.0. The van der Waals surface area contributed by atoms with Crippen LogP contribution >= 0.6 is 11.6 Å². The average molecular weight is 795 g/mol. The number of halogens is 4. The van der Waals surface area contributed by atoms with Gasteiger partial charge in [-0.05, 0) is 88.3 Å². The fourth-order valence-electron chi connectivity index (χ4n) is 6.72. The summed E-state index contributed by atoms with van der Waals surface area (Å²) in [6, 6.07) is 29.0. The van der Waals surface area contributed by atoms with Crippen LogP contribution in [-0.2, 0) is 51.3 Å². The first-order chi connectivity index (χ1) is 27.4. The lowest BCUT2D eigenvalue weighted by Crippen LogP contribution is -2.53. The van der Waals surface area contributed by atoms with Crippen molar-refractivity contribution in [2.75, 3.05) is 12.4 Å². The molecule has 5 aromatic carbocycles. The number of benzene rings is 5. The van der Waals surface area contributed by atoms with Crippen LogP contribution in [0.3, 0.4) is 0 Å².